The van der Waals surface area contributed by atoms with Crippen LogP contribution in [0.4, 0.5) is 0 Å². The zero-order valence-electron chi connectivity index (χ0n) is 16.5. The van der Waals surface area contributed by atoms with Crippen molar-refractivity contribution in [2.75, 3.05) is 14.2 Å². The van der Waals surface area contributed by atoms with E-state index in [1.807, 2.05) is 24.3 Å². The van der Waals surface area contributed by atoms with Gasteiger partial charge in [-0.05, 0) is 48.6 Å². The summed E-state index contributed by atoms with van der Waals surface area (Å²) in [5, 5.41) is 0. The maximum atomic E-state index is 13.4. The van der Waals surface area contributed by atoms with Gasteiger partial charge < -0.3 is 18.3 Å². The fourth-order valence-corrected chi connectivity index (χ4v) is 2.95. The molecule has 0 unspecified atom stereocenters. The first-order chi connectivity index (χ1) is 14.7. The molecule has 4 aromatic rings. The summed E-state index contributed by atoms with van der Waals surface area (Å²) in [7, 11) is 3.07. The lowest BCUT2D eigenvalue weighted by atomic mass is 10.0. The number of aromatic nitrogens is 1. The third-order valence-corrected chi connectivity index (χ3v) is 4.45. The summed E-state index contributed by atoms with van der Waals surface area (Å²) in [5.74, 6) is 1.65. The molecule has 0 spiro atoms. The molecule has 150 valence electrons. The quantitative estimate of drug-likeness (QED) is 0.234. The van der Waals surface area contributed by atoms with E-state index in [1.54, 1.807) is 54.8 Å². The van der Waals surface area contributed by atoms with E-state index >= 15 is 0 Å². The molecule has 0 aliphatic heterocycles. The Labute approximate surface area is 173 Å². The lowest BCUT2D eigenvalue weighted by molar-refractivity contribution is 0.105. The molecule has 0 atom stereocenters. The second-order valence-electron chi connectivity index (χ2n) is 6.37. The summed E-state index contributed by atoms with van der Waals surface area (Å²) >= 11 is 0. The molecule has 0 saturated heterocycles. The van der Waals surface area contributed by atoms with Crippen LogP contribution >= 0.6 is 0 Å². The van der Waals surface area contributed by atoms with Crippen LogP contribution in [0, 0.1) is 0 Å². The van der Waals surface area contributed by atoms with E-state index in [0.717, 1.165) is 0 Å². The number of oxazole rings is 1. The van der Waals surface area contributed by atoms with Crippen LogP contribution in [0.25, 0.3) is 22.7 Å². The standard InChI is InChI=1S/C24H19NO5/c1-27-18-13-16(14-19(15-18)28-2)23(26)20(9-5-7-17-8-6-12-29-17)24-25-21-10-3-4-11-22(21)30-24/h3-15H,1-2H3/b7-5+,20-9+. The van der Waals surface area contributed by atoms with Gasteiger partial charge >= 0.3 is 0 Å². The zero-order valence-corrected chi connectivity index (χ0v) is 16.5. The first-order valence-electron chi connectivity index (χ1n) is 9.23. The summed E-state index contributed by atoms with van der Waals surface area (Å²) in [4.78, 5) is 17.9. The second kappa shape index (κ2) is 8.53. The molecular formula is C24H19NO5. The fourth-order valence-electron chi connectivity index (χ4n) is 2.95. The molecule has 4 rings (SSSR count). The number of Topliss-reactive ketones (excluding diaryl/α,β-unsaturated/α-hetero) is 1. The molecule has 0 aliphatic carbocycles. The third-order valence-electron chi connectivity index (χ3n) is 4.45. The Morgan fingerprint density at radius 2 is 1.77 bits per heavy atom. The number of carbonyl (C=O) groups excluding carboxylic acids is 1. The van der Waals surface area contributed by atoms with Gasteiger partial charge in [-0.2, -0.15) is 0 Å². The maximum absolute atomic E-state index is 13.4. The van der Waals surface area contributed by atoms with E-state index in [4.69, 9.17) is 18.3 Å². The zero-order chi connectivity index (χ0) is 20.9. The largest absolute Gasteiger partial charge is 0.497 e. The highest BCUT2D eigenvalue weighted by Crippen LogP contribution is 2.28. The topological polar surface area (TPSA) is 74.7 Å². The number of para-hydroxylation sites is 2. The number of furan rings is 1. The average molecular weight is 401 g/mol. The molecule has 0 radical (unpaired) electrons. The molecule has 2 aromatic carbocycles. The van der Waals surface area contributed by atoms with Crippen LogP contribution in [0.5, 0.6) is 11.5 Å². The number of fused-ring (bicyclic) bond motifs is 1. The molecule has 0 N–H and O–H groups in total. The van der Waals surface area contributed by atoms with Crippen LogP contribution in [-0.2, 0) is 0 Å². The predicted octanol–water partition coefficient (Wildman–Crippen LogP) is 5.42. The van der Waals surface area contributed by atoms with Gasteiger partial charge in [0.2, 0.25) is 5.89 Å². The van der Waals surface area contributed by atoms with Crippen LogP contribution in [0.2, 0.25) is 0 Å². The Hall–Kier alpha value is -4.06. The van der Waals surface area contributed by atoms with E-state index in [9.17, 15) is 4.79 Å². The smallest absolute Gasteiger partial charge is 0.231 e. The van der Waals surface area contributed by atoms with Gasteiger partial charge in [0.1, 0.15) is 22.8 Å². The molecule has 6 nitrogen and oxygen atoms in total. The normalized spacial score (nSPS) is 11.9. The van der Waals surface area contributed by atoms with Crippen LogP contribution in [0.1, 0.15) is 22.0 Å². The highest BCUT2D eigenvalue weighted by Gasteiger charge is 2.21. The minimum atomic E-state index is -0.275. The number of benzene rings is 2. The number of allylic oxidation sites excluding steroid dienone is 3. The van der Waals surface area contributed by atoms with Crippen molar-refractivity contribution < 1.29 is 23.1 Å². The third kappa shape index (κ3) is 4.03. The van der Waals surface area contributed by atoms with Crippen LogP contribution < -0.4 is 9.47 Å². The summed E-state index contributed by atoms with van der Waals surface area (Å²) in [6, 6.07) is 16.0. The van der Waals surface area contributed by atoms with E-state index < -0.39 is 0 Å². The molecule has 6 heteroatoms. The van der Waals surface area contributed by atoms with Gasteiger partial charge in [0.05, 0.1) is 26.1 Å². The second-order valence-corrected chi connectivity index (χ2v) is 6.37. The molecule has 2 aromatic heterocycles. The maximum Gasteiger partial charge on any atom is 0.231 e. The SMILES string of the molecule is COc1cc(OC)cc(C(=O)/C(=C\C=C\c2ccco2)c2nc3ccccc3o2)c1. The van der Waals surface area contributed by atoms with Crippen molar-refractivity contribution in [3.8, 4) is 11.5 Å². The first kappa shape index (κ1) is 19.3. The van der Waals surface area contributed by atoms with Gasteiger partial charge in [-0.3, -0.25) is 4.79 Å². The number of ketones is 1. The molecule has 0 bridgehead atoms. The van der Waals surface area contributed by atoms with Crippen molar-refractivity contribution in [1.29, 1.82) is 0 Å². The van der Waals surface area contributed by atoms with Gasteiger partial charge in [-0.15, -0.1) is 0 Å². The molecule has 0 aliphatic rings. The summed E-state index contributed by atoms with van der Waals surface area (Å²) in [6.45, 7) is 0. The van der Waals surface area contributed by atoms with Crippen LogP contribution in [-0.4, -0.2) is 25.0 Å². The minimum Gasteiger partial charge on any atom is -0.497 e. The predicted molar refractivity (Wildman–Crippen MR) is 114 cm³/mol. The molecule has 0 amide bonds. The number of hydrogen-bond acceptors (Lipinski definition) is 6. The average Bonchev–Trinajstić information content (AvgIpc) is 3.45. The van der Waals surface area contributed by atoms with Gasteiger partial charge in [0.15, 0.2) is 11.4 Å². The number of ether oxygens (including phenoxy) is 2. The van der Waals surface area contributed by atoms with Gasteiger partial charge in [-0.1, -0.05) is 18.2 Å². The van der Waals surface area contributed by atoms with Gasteiger partial charge in [0, 0.05) is 11.6 Å². The Balaban J connectivity index is 1.79. The highest BCUT2D eigenvalue weighted by atomic mass is 16.5. The van der Waals surface area contributed by atoms with Crippen molar-refractivity contribution in [3.05, 3.63) is 90.2 Å². The molecular weight excluding hydrogens is 382 g/mol. The van der Waals surface area contributed by atoms with E-state index in [1.165, 1.54) is 14.2 Å². The van der Waals surface area contributed by atoms with E-state index in [0.29, 0.717) is 39.5 Å². The minimum absolute atomic E-state index is 0.229. The van der Waals surface area contributed by atoms with Gasteiger partial charge in [-0.25, -0.2) is 4.98 Å². The Morgan fingerprint density at radius 1 is 1.00 bits per heavy atom. The van der Waals surface area contributed by atoms with E-state index in [2.05, 4.69) is 4.98 Å². The summed E-state index contributed by atoms with van der Waals surface area (Å²) in [6.07, 6.45) is 6.71. The first-order valence-corrected chi connectivity index (χ1v) is 9.23. The molecule has 0 fully saturated rings. The van der Waals surface area contributed by atoms with Crippen molar-refractivity contribution in [3.63, 3.8) is 0 Å². The van der Waals surface area contributed by atoms with Gasteiger partial charge in [0.25, 0.3) is 0 Å². The Morgan fingerprint density at radius 3 is 2.43 bits per heavy atom. The van der Waals surface area contributed by atoms with Crippen LogP contribution in [0.15, 0.2) is 81.8 Å². The van der Waals surface area contributed by atoms with Crippen molar-refractivity contribution in [2.45, 2.75) is 0 Å². The highest BCUT2D eigenvalue weighted by molar-refractivity contribution is 6.28. The van der Waals surface area contributed by atoms with E-state index in [-0.39, 0.29) is 11.7 Å². The van der Waals surface area contributed by atoms with Crippen molar-refractivity contribution in [2.24, 2.45) is 0 Å². The fraction of sp³-hybridized carbons (Fsp3) is 0.0833. The summed E-state index contributed by atoms with van der Waals surface area (Å²) < 4.78 is 21.7. The summed E-state index contributed by atoms with van der Waals surface area (Å²) in [5.41, 5.74) is 1.96. The number of carbonyl (C=O) groups is 1. The monoisotopic (exact) mass is 401 g/mol. The molecule has 30 heavy (non-hydrogen) atoms. The number of rotatable bonds is 7. The van der Waals surface area contributed by atoms with Crippen molar-refractivity contribution in [1.82, 2.24) is 4.98 Å². The number of methoxy groups -OCH3 is 2. The Bertz CT molecular complexity index is 1180. The lowest BCUT2D eigenvalue weighted by Crippen LogP contribution is -2.04. The molecule has 2 heterocycles. The Kier molecular flexibility index (Phi) is 5.48. The molecule has 0 saturated carbocycles. The van der Waals surface area contributed by atoms with Crippen molar-refractivity contribution >= 4 is 28.5 Å². The van der Waals surface area contributed by atoms with Crippen LogP contribution in [0.3, 0.4) is 0 Å². The lowest BCUT2D eigenvalue weighted by Gasteiger charge is -2.08. The number of nitrogens with zero attached hydrogens (tertiary/aromatic N) is 1. The number of hydrogen-bond donors (Lipinski definition) is 0.